The molecule has 0 saturated heterocycles. The topological polar surface area (TPSA) is 67.8 Å². The Hall–Kier alpha value is -1.27. The molecule has 5 nitrogen and oxygen atoms in total. The van der Waals surface area contributed by atoms with E-state index in [1.807, 2.05) is 13.8 Å². The van der Waals surface area contributed by atoms with Crippen molar-refractivity contribution in [1.82, 2.24) is 5.32 Å². The number of benzene rings is 1. The first-order chi connectivity index (χ1) is 9.62. The van der Waals surface area contributed by atoms with E-state index in [1.165, 1.54) is 0 Å². The third-order valence-electron chi connectivity index (χ3n) is 2.47. The second kappa shape index (κ2) is 8.81. The molecule has 0 aliphatic heterocycles. The minimum absolute atomic E-state index is 0.0723. The zero-order chi connectivity index (χ0) is 15.0. The van der Waals surface area contributed by atoms with Crippen LogP contribution in [0.3, 0.4) is 0 Å². The summed E-state index contributed by atoms with van der Waals surface area (Å²) in [7, 11) is 0. The van der Waals surface area contributed by atoms with Crippen molar-refractivity contribution < 1.29 is 19.4 Å². The van der Waals surface area contributed by atoms with Crippen molar-refractivity contribution in [3.05, 3.63) is 22.2 Å². The molecule has 0 unspecified atom stereocenters. The number of aliphatic hydroxyl groups is 1. The molecule has 0 aliphatic carbocycles. The average Bonchev–Trinajstić information content (AvgIpc) is 2.44. The molecule has 0 atom stereocenters. The van der Waals surface area contributed by atoms with Crippen LogP contribution in [0.4, 0.5) is 0 Å². The Morgan fingerprint density at radius 2 is 2.10 bits per heavy atom. The molecule has 1 amide bonds. The maximum atomic E-state index is 11.5. The third-order valence-corrected chi connectivity index (χ3v) is 3.06. The van der Waals surface area contributed by atoms with Gasteiger partial charge in [-0.1, -0.05) is 6.92 Å². The fourth-order valence-corrected chi connectivity index (χ4v) is 2.17. The molecular formula is C14H20BrNO4. The normalized spacial score (nSPS) is 10.2. The lowest BCUT2D eigenvalue weighted by Crippen LogP contribution is -2.29. The Morgan fingerprint density at radius 3 is 2.70 bits per heavy atom. The second-order valence-electron chi connectivity index (χ2n) is 4.13. The number of hydrogen-bond donors (Lipinski definition) is 2. The van der Waals surface area contributed by atoms with E-state index in [0.717, 1.165) is 6.42 Å². The highest BCUT2D eigenvalue weighted by Gasteiger charge is 2.13. The summed E-state index contributed by atoms with van der Waals surface area (Å²) in [5.74, 6) is 0.803. The van der Waals surface area contributed by atoms with Crippen molar-refractivity contribution in [1.29, 1.82) is 0 Å². The first-order valence-corrected chi connectivity index (χ1v) is 7.37. The lowest BCUT2D eigenvalue weighted by Gasteiger charge is -2.14. The fraction of sp³-hybridized carbons (Fsp3) is 0.500. The summed E-state index contributed by atoms with van der Waals surface area (Å²) >= 11 is 3.36. The van der Waals surface area contributed by atoms with E-state index in [1.54, 1.807) is 12.1 Å². The van der Waals surface area contributed by atoms with Gasteiger partial charge in [0.05, 0.1) is 17.7 Å². The smallest absolute Gasteiger partial charge is 0.257 e. The average molecular weight is 346 g/mol. The van der Waals surface area contributed by atoms with Gasteiger partial charge in [-0.2, -0.15) is 0 Å². The molecule has 112 valence electrons. The Bertz CT molecular complexity index is 451. The van der Waals surface area contributed by atoms with Crippen LogP contribution in [-0.4, -0.2) is 30.8 Å². The van der Waals surface area contributed by atoms with Crippen molar-refractivity contribution >= 4 is 21.8 Å². The molecule has 0 radical (unpaired) electrons. The Kier molecular flexibility index (Phi) is 7.40. The highest BCUT2D eigenvalue weighted by atomic mass is 79.9. The molecule has 2 N–H and O–H groups in total. The lowest BCUT2D eigenvalue weighted by molar-refractivity contribution is -0.123. The van der Waals surface area contributed by atoms with Crippen LogP contribution in [0.5, 0.6) is 11.5 Å². The first-order valence-electron chi connectivity index (χ1n) is 6.57. The molecule has 0 saturated carbocycles. The molecule has 0 bridgehead atoms. The Balaban J connectivity index is 2.79. The van der Waals surface area contributed by atoms with Crippen LogP contribution >= 0.6 is 15.9 Å². The van der Waals surface area contributed by atoms with Crippen molar-refractivity contribution in [2.24, 2.45) is 0 Å². The van der Waals surface area contributed by atoms with Crippen molar-refractivity contribution in [2.45, 2.75) is 26.9 Å². The summed E-state index contributed by atoms with van der Waals surface area (Å²) in [6.07, 6.45) is 0.880. The van der Waals surface area contributed by atoms with Crippen molar-refractivity contribution in [3.63, 3.8) is 0 Å². The summed E-state index contributed by atoms with van der Waals surface area (Å²) in [6.45, 7) is 4.79. The summed E-state index contributed by atoms with van der Waals surface area (Å²) in [6, 6.07) is 3.44. The largest absolute Gasteiger partial charge is 0.490 e. The van der Waals surface area contributed by atoms with Gasteiger partial charge in [0.25, 0.3) is 5.91 Å². The van der Waals surface area contributed by atoms with Gasteiger partial charge in [0.2, 0.25) is 0 Å². The number of carbonyl (C=O) groups is 1. The molecular weight excluding hydrogens is 326 g/mol. The van der Waals surface area contributed by atoms with Crippen LogP contribution in [0.2, 0.25) is 0 Å². The monoisotopic (exact) mass is 345 g/mol. The summed E-state index contributed by atoms with van der Waals surface area (Å²) < 4.78 is 11.6. The molecule has 1 aromatic carbocycles. The molecule has 1 rings (SSSR count). The van der Waals surface area contributed by atoms with Gasteiger partial charge in [-0.05, 0) is 47.0 Å². The number of ether oxygens (including phenoxy) is 2. The van der Waals surface area contributed by atoms with E-state index < -0.39 is 0 Å². The van der Waals surface area contributed by atoms with Crippen LogP contribution < -0.4 is 14.8 Å². The van der Waals surface area contributed by atoms with Gasteiger partial charge in [-0.3, -0.25) is 4.79 Å². The Morgan fingerprint density at radius 1 is 1.35 bits per heavy atom. The quantitative estimate of drug-likeness (QED) is 0.758. The predicted molar refractivity (Wildman–Crippen MR) is 80.0 cm³/mol. The van der Waals surface area contributed by atoms with E-state index >= 15 is 0 Å². The van der Waals surface area contributed by atoms with Gasteiger partial charge in [0.15, 0.2) is 18.1 Å². The first kappa shape index (κ1) is 16.8. The molecule has 0 aromatic heterocycles. The molecule has 1 aromatic rings. The zero-order valence-electron chi connectivity index (χ0n) is 11.7. The number of carbonyl (C=O) groups excluding carboxylic acids is 1. The van der Waals surface area contributed by atoms with Crippen LogP contribution in [0, 0.1) is 0 Å². The van der Waals surface area contributed by atoms with Gasteiger partial charge >= 0.3 is 0 Å². The number of nitrogens with one attached hydrogen (secondary N) is 1. The van der Waals surface area contributed by atoms with Gasteiger partial charge in [0.1, 0.15) is 0 Å². The van der Waals surface area contributed by atoms with Gasteiger partial charge in [-0.15, -0.1) is 0 Å². The van der Waals surface area contributed by atoms with Crippen LogP contribution in [0.1, 0.15) is 25.8 Å². The number of rotatable bonds is 8. The number of halogens is 1. The minimum atomic E-state index is -0.174. The number of aliphatic hydroxyl groups excluding tert-OH is 1. The molecule has 20 heavy (non-hydrogen) atoms. The molecule has 0 aliphatic rings. The van der Waals surface area contributed by atoms with Gasteiger partial charge in [-0.25, -0.2) is 0 Å². The van der Waals surface area contributed by atoms with Crippen molar-refractivity contribution in [3.8, 4) is 11.5 Å². The molecule has 0 spiro atoms. The van der Waals surface area contributed by atoms with E-state index in [9.17, 15) is 9.90 Å². The fourth-order valence-electron chi connectivity index (χ4n) is 1.57. The standard InChI is InChI=1S/C14H20BrNO4/c1-3-5-16-13(18)9-20-14-11(15)6-10(8-17)7-12(14)19-4-2/h6-7,17H,3-5,8-9H2,1-2H3,(H,16,18). The number of amides is 1. The Labute approximate surface area is 127 Å². The maximum absolute atomic E-state index is 11.5. The highest BCUT2D eigenvalue weighted by Crippen LogP contribution is 2.36. The van der Waals surface area contributed by atoms with Crippen LogP contribution in [0.25, 0.3) is 0 Å². The van der Waals surface area contributed by atoms with Gasteiger partial charge in [0, 0.05) is 6.54 Å². The van der Waals surface area contributed by atoms with E-state index in [0.29, 0.717) is 34.7 Å². The predicted octanol–water partition coefficient (Wildman–Crippen LogP) is 2.25. The third kappa shape index (κ3) is 5.02. The SMILES string of the molecule is CCCNC(=O)COc1c(Br)cc(CO)cc1OCC. The summed E-state index contributed by atoms with van der Waals surface area (Å²) in [5, 5.41) is 11.9. The van der Waals surface area contributed by atoms with Crippen molar-refractivity contribution in [2.75, 3.05) is 19.8 Å². The molecule has 0 fully saturated rings. The number of hydrogen-bond acceptors (Lipinski definition) is 4. The van der Waals surface area contributed by atoms with Crippen LogP contribution in [-0.2, 0) is 11.4 Å². The summed E-state index contributed by atoms with van der Waals surface area (Å²) in [5.41, 5.74) is 0.711. The van der Waals surface area contributed by atoms with E-state index in [-0.39, 0.29) is 19.1 Å². The van der Waals surface area contributed by atoms with E-state index in [4.69, 9.17) is 9.47 Å². The maximum Gasteiger partial charge on any atom is 0.257 e. The van der Waals surface area contributed by atoms with Crippen LogP contribution in [0.15, 0.2) is 16.6 Å². The second-order valence-corrected chi connectivity index (χ2v) is 4.99. The highest BCUT2D eigenvalue weighted by molar-refractivity contribution is 9.10. The zero-order valence-corrected chi connectivity index (χ0v) is 13.3. The molecule has 0 heterocycles. The van der Waals surface area contributed by atoms with Gasteiger partial charge < -0.3 is 19.9 Å². The lowest BCUT2D eigenvalue weighted by atomic mass is 10.2. The minimum Gasteiger partial charge on any atom is -0.490 e. The summed E-state index contributed by atoms with van der Waals surface area (Å²) in [4.78, 5) is 11.5. The van der Waals surface area contributed by atoms with E-state index in [2.05, 4.69) is 21.2 Å². The molecule has 6 heteroatoms.